The molecule has 0 spiro atoms. The number of hydrogen-bond donors (Lipinski definition) is 4. The zero-order chi connectivity index (χ0) is 13.6. The molecule has 3 atom stereocenters. The molecule has 1 fully saturated rings. The van der Waals surface area contributed by atoms with E-state index in [0.717, 1.165) is 0 Å². The van der Waals surface area contributed by atoms with Crippen molar-refractivity contribution >= 4 is 29.3 Å². The highest BCUT2D eigenvalue weighted by atomic mass is 32.1. The van der Waals surface area contributed by atoms with Crippen molar-refractivity contribution in [1.29, 1.82) is 0 Å². The lowest BCUT2D eigenvalue weighted by Crippen LogP contribution is -2.16. The van der Waals surface area contributed by atoms with E-state index in [-0.39, 0.29) is 24.5 Å². The van der Waals surface area contributed by atoms with Crippen molar-refractivity contribution in [2.24, 2.45) is 5.92 Å². The van der Waals surface area contributed by atoms with Crippen LogP contribution in [0.3, 0.4) is 0 Å². The van der Waals surface area contributed by atoms with Crippen LogP contribution in [0.1, 0.15) is 18.9 Å². The van der Waals surface area contributed by atoms with Crippen LogP contribution >= 0.6 is 12.2 Å². The molecule has 3 rings (SSSR count). The van der Waals surface area contributed by atoms with Crippen LogP contribution in [-0.4, -0.2) is 42.4 Å². The van der Waals surface area contributed by atoms with Gasteiger partial charge in [-0.15, -0.1) is 0 Å². The van der Waals surface area contributed by atoms with Gasteiger partial charge in [-0.1, -0.05) is 12.2 Å². The average molecular weight is 281 g/mol. The first-order valence-corrected chi connectivity index (χ1v) is 6.52. The van der Waals surface area contributed by atoms with Crippen molar-refractivity contribution in [2.75, 3.05) is 12.3 Å². The van der Waals surface area contributed by atoms with Gasteiger partial charge in [0.2, 0.25) is 0 Å². The van der Waals surface area contributed by atoms with Gasteiger partial charge in [-0.25, -0.2) is 9.97 Å². The number of aromatic amines is 1. The largest absolute Gasteiger partial charge is 0.396 e. The molecule has 0 saturated heterocycles. The number of anilines is 1. The van der Waals surface area contributed by atoms with Crippen molar-refractivity contribution in [3.8, 4) is 0 Å². The van der Waals surface area contributed by atoms with Crippen molar-refractivity contribution in [2.45, 2.75) is 25.0 Å². The van der Waals surface area contributed by atoms with Crippen LogP contribution in [0.5, 0.6) is 0 Å². The quantitative estimate of drug-likeness (QED) is 0.592. The van der Waals surface area contributed by atoms with Gasteiger partial charge in [-0.2, -0.15) is 0 Å². The van der Waals surface area contributed by atoms with Crippen molar-refractivity contribution in [3.63, 3.8) is 0 Å². The Morgan fingerprint density at radius 1 is 1.53 bits per heavy atom. The van der Waals surface area contributed by atoms with Crippen molar-refractivity contribution in [3.05, 3.63) is 11.0 Å². The van der Waals surface area contributed by atoms with Gasteiger partial charge in [0, 0.05) is 18.6 Å². The Bertz CT molecular complexity index is 667. The van der Waals surface area contributed by atoms with Crippen LogP contribution in [0, 0.1) is 10.6 Å². The van der Waals surface area contributed by atoms with E-state index in [1.807, 2.05) is 4.57 Å². The molecule has 0 aliphatic heterocycles. The first kappa shape index (κ1) is 12.5. The molecule has 0 radical (unpaired) electrons. The second-order valence-electron chi connectivity index (χ2n) is 4.91. The van der Waals surface area contributed by atoms with Crippen LogP contribution in [0.25, 0.3) is 11.2 Å². The molecule has 102 valence electrons. The molecular formula is C11H15N5O2S. The van der Waals surface area contributed by atoms with Crippen LogP contribution in [-0.2, 0) is 0 Å². The molecule has 0 amide bonds. The summed E-state index contributed by atoms with van der Waals surface area (Å²) in [7, 11) is 0. The molecule has 5 N–H and O–H groups in total. The smallest absolute Gasteiger partial charge is 0.200 e. The fourth-order valence-corrected chi connectivity index (χ4v) is 2.97. The number of nitrogens with zero attached hydrogens (tertiary/aromatic N) is 3. The maximum absolute atomic E-state index is 9.88. The molecule has 2 aromatic rings. The number of rotatable bonds is 2. The number of aromatic nitrogens is 4. The summed E-state index contributed by atoms with van der Waals surface area (Å²) in [4.78, 5) is 11.2. The summed E-state index contributed by atoms with van der Waals surface area (Å²) in [5.41, 5.74) is 6.99. The van der Waals surface area contributed by atoms with E-state index in [1.54, 1.807) is 6.33 Å². The van der Waals surface area contributed by atoms with E-state index in [2.05, 4.69) is 15.0 Å². The van der Waals surface area contributed by atoms with Gasteiger partial charge in [0.25, 0.3) is 0 Å². The predicted octanol–water partition coefficient (Wildman–Crippen LogP) is 0.375. The maximum atomic E-state index is 9.88. The van der Waals surface area contributed by atoms with E-state index >= 15 is 0 Å². The normalized spacial score (nSPS) is 27.2. The third kappa shape index (κ3) is 2.01. The predicted molar refractivity (Wildman–Crippen MR) is 72.0 cm³/mol. The summed E-state index contributed by atoms with van der Waals surface area (Å²) in [6.45, 7) is -0.00993. The molecule has 0 bridgehead atoms. The maximum Gasteiger partial charge on any atom is 0.200 e. The van der Waals surface area contributed by atoms with Gasteiger partial charge in [-0.05, 0) is 12.8 Å². The summed E-state index contributed by atoms with van der Waals surface area (Å²) in [5, 5.41) is 19.1. The number of nitrogens with one attached hydrogen (secondary N) is 1. The minimum absolute atomic E-state index is 0.00993. The number of fused-ring (bicyclic) bond motifs is 1. The monoisotopic (exact) mass is 281 g/mol. The van der Waals surface area contributed by atoms with Gasteiger partial charge < -0.3 is 25.5 Å². The van der Waals surface area contributed by atoms with E-state index in [4.69, 9.17) is 18.0 Å². The third-order valence-corrected chi connectivity index (χ3v) is 4.01. The summed E-state index contributed by atoms with van der Waals surface area (Å²) < 4.78 is 2.28. The number of nitrogen functional groups attached to an aromatic ring is 1. The number of imidazole rings is 1. The SMILES string of the molecule is Nc1nc(=S)c2ncn([C@H]3C[C@@H](CO)[C@H](O)C3)c2[nH]1. The Morgan fingerprint density at radius 3 is 3.00 bits per heavy atom. The minimum Gasteiger partial charge on any atom is -0.396 e. The summed E-state index contributed by atoms with van der Waals surface area (Å²) >= 11 is 5.12. The molecule has 0 aromatic carbocycles. The zero-order valence-corrected chi connectivity index (χ0v) is 11.0. The molecule has 1 saturated carbocycles. The Labute approximate surface area is 114 Å². The molecule has 2 heterocycles. The van der Waals surface area contributed by atoms with Crippen LogP contribution in [0.15, 0.2) is 6.33 Å². The van der Waals surface area contributed by atoms with Crippen LogP contribution < -0.4 is 5.73 Å². The first-order chi connectivity index (χ1) is 9.10. The van der Waals surface area contributed by atoms with Gasteiger partial charge in [0.15, 0.2) is 10.6 Å². The summed E-state index contributed by atoms with van der Waals surface area (Å²) in [6, 6.07) is 0.0737. The van der Waals surface area contributed by atoms with E-state index in [0.29, 0.717) is 28.6 Å². The molecule has 2 aromatic heterocycles. The topological polar surface area (TPSA) is 113 Å². The highest BCUT2D eigenvalue weighted by Gasteiger charge is 2.34. The number of nitrogens with two attached hydrogens (primary N) is 1. The van der Waals surface area contributed by atoms with Crippen molar-refractivity contribution in [1.82, 2.24) is 19.5 Å². The molecule has 1 aliphatic carbocycles. The summed E-state index contributed by atoms with van der Waals surface area (Å²) in [5.74, 6) is 0.154. The number of aliphatic hydroxyl groups excluding tert-OH is 2. The number of aliphatic hydroxyl groups is 2. The average Bonchev–Trinajstić information content (AvgIpc) is 2.92. The first-order valence-electron chi connectivity index (χ1n) is 6.11. The van der Waals surface area contributed by atoms with Crippen LogP contribution in [0.2, 0.25) is 0 Å². The Balaban J connectivity index is 2.05. The molecule has 1 aliphatic rings. The Kier molecular flexibility index (Phi) is 3.00. The molecular weight excluding hydrogens is 266 g/mol. The van der Waals surface area contributed by atoms with Crippen LogP contribution in [0.4, 0.5) is 5.95 Å². The molecule has 19 heavy (non-hydrogen) atoms. The molecule has 0 unspecified atom stereocenters. The lowest BCUT2D eigenvalue weighted by molar-refractivity contribution is 0.0906. The van der Waals surface area contributed by atoms with E-state index < -0.39 is 6.10 Å². The Hall–Kier alpha value is -1.51. The standard InChI is InChI=1S/C11H15N5O2S/c12-11-14-9-8(10(19)15-11)13-4-16(9)6-1-5(3-17)7(18)2-6/h4-7,17-18H,1-3H2,(H3,12,14,15,19)/t5-,6-,7+/m0/s1. The highest BCUT2D eigenvalue weighted by Crippen LogP contribution is 2.36. The number of hydrogen-bond acceptors (Lipinski definition) is 6. The fourth-order valence-electron chi connectivity index (χ4n) is 2.73. The lowest BCUT2D eigenvalue weighted by Gasteiger charge is -2.12. The second kappa shape index (κ2) is 4.55. The third-order valence-electron chi connectivity index (χ3n) is 3.73. The highest BCUT2D eigenvalue weighted by molar-refractivity contribution is 7.71. The van der Waals surface area contributed by atoms with Gasteiger partial charge in [0.05, 0.1) is 12.4 Å². The van der Waals surface area contributed by atoms with Gasteiger partial charge in [0.1, 0.15) is 11.2 Å². The molecule has 7 nitrogen and oxygen atoms in total. The zero-order valence-electron chi connectivity index (χ0n) is 10.2. The van der Waals surface area contributed by atoms with Gasteiger partial charge in [-0.3, -0.25) is 0 Å². The van der Waals surface area contributed by atoms with Crippen molar-refractivity contribution < 1.29 is 10.2 Å². The second-order valence-corrected chi connectivity index (χ2v) is 5.30. The summed E-state index contributed by atoms with van der Waals surface area (Å²) in [6.07, 6.45) is 2.47. The number of H-pyrrole nitrogens is 1. The van der Waals surface area contributed by atoms with Gasteiger partial charge >= 0.3 is 0 Å². The lowest BCUT2D eigenvalue weighted by atomic mass is 10.1. The fraction of sp³-hybridized carbons (Fsp3) is 0.545. The molecule has 8 heteroatoms. The Morgan fingerprint density at radius 2 is 2.32 bits per heavy atom. The van der Waals surface area contributed by atoms with E-state index in [1.165, 1.54) is 0 Å². The minimum atomic E-state index is -0.491. The van der Waals surface area contributed by atoms with E-state index in [9.17, 15) is 10.2 Å².